The summed E-state index contributed by atoms with van der Waals surface area (Å²) in [5.41, 5.74) is 3.53. The summed E-state index contributed by atoms with van der Waals surface area (Å²) in [6.07, 6.45) is 3.54. The van der Waals surface area contributed by atoms with Crippen molar-refractivity contribution in [1.29, 1.82) is 0 Å². The van der Waals surface area contributed by atoms with E-state index in [4.69, 9.17) is 4.74 Å². The van der Waals surface area contributed by atoms with Crippen LogP contribution in [0.3, 0.4) is 0 Å². The topological polar surface area (TPSA) is 78.5 Å². The Morgan fingerprint density at radius 2 is 1.81 bits per heavy atom. The number of fused-ring (bicyclic) bond motifs is 1. The molecule has 0 aliphatic carbocycles. The molecule has 1 aromatic heterocycles. The van der Waals surface area contributed by atoms with E-state index < -0.39 is 0 Å². The maximum atomic E-state index is 12.9. The van der Waals surface area contributed by atoms with Crippen molar-refractivity contribution in [3.63, 3.8) is 0 Å². The minimum absolute atomic E-state index is 0.00250. The van der Waals surface area contributed by atoms with Crippen LogP contribution in [0, 0.1) is 6.92 Å². The number of imidazole rings is 1. The summed E-state index contributed by atoms with van der Waals surface area (Å²) in [5.74, 6) is 0.952. The van der Waals surface area contributed by atoms with Crippen molar-refractivity contribution in [2.75, 3.05) is 32.8 Å². The van der Waals surface area contributed by atoms with Gasteiger partial charge in [-0.05, 0) is 50.1 Å². The van der Waals surface area contributed by atoms with Gasteiger partial charge in [-0.1, -0.05) is 17.7 Å². The molecule has 0 radical (unpaired) electrons. The van der Waals surface area contributed by atoms with Gasteiger partial charge in [0.1, 0.15) is 5.75 Å². The van der Waals surface area contributed by atoms with Gasteiger partial charge in [-0.15, -0.1) is 0 Å². The van der Waals surface area contributed by atoms with Gasteiger partial charge in [0.05, 0.1) is 24.0 Å². The van der Waals surface area contributed by atoms with Crippen LogP contribution in [0.5, 0.6) is 5.75 Å². The Balaban J connectivity index is 1.24. The number of carbonyl (C=O) groups is 2. The maximum absolute atomic E-state index is 12.9. The number of amides is 2. The summed E-state index contributed by atoms with van der Waals surface area (Å²) >= 11 is 0. The zero-order chi connectivity index (χ0) is 21.6. The van der Waals surface area contributed by atoms with Crippen molar-refractivity contribution in [3.05, 3.63) is 59.9 Å². The van der Waals surface area contributed by atoms with Crippen molar-refractivity contribution in [2.45, 2.75) is 26.2 Å². The van der Waals surface area contributed by atoms with Gasteiger partial charge in [-0.2, -0.15) is 0 Å². The van der Waals surface area contributed by atoms with Crippen LogP contribution in [0.1, 0.15) is 35.2 Å². The smallest absolute Gasteiger partial charge is 0.253 e. The van der Waals surface area contributed by atoms with Crippen LogP contribution in [-0.2, 0) is 4.79 Å². The molecule has 0 atom stereocenters. The average Bonchev–Trinajstić information content (AvgIpc) is 3.12. The summed E-state index contributed by atoms with van der Waals surface area (Å²) in [6, 6.07) is 13.4. The Morgan fingerprint density at radius 1 is 1.03 bits per heavy atom. The van der Waals surface area contributed by atoms with E-state index >= 15 is 0 Å². The number of aromatic nitrogens is 2. The lowest BCUT2D eigenvalue weighted by molar-refractivity contribution is -0.131. The van der Waals surface area contributed by atoms with E-state index in [0.717, 1.165) is 23.2 Å². The lowest BCUT2D eigenvalue weighted by Crippen LogP contribution is -2.37. The Labute approximate surface area is 182 Å². The van der Waals surface area contributed by atoms with E-state index in [0.29, 0.717) is 51.2 Å². The highest BCUT2D eigenvalue weighted by Gasteiger charge is 2.23. The Morgan fingerprint density at radius 3 is 2.65 bits per heavy atom. The van der Waals surface area contributed by atoms with Crippen LogP contribution in [-0.4, -0.2) is 64.4 Å². The van der Waals surface area contributed by atoms with Gasteiger partial charge in [0.2, 0.25) is 5.91 Å². The number of rotatable bonds is 6. The lowest BCUT2D eigenvalue weighted by atomic mass is 10.1. The molecule has 4 rings (SSSR count). The highest BCUT2D eigenvalue weighted by molar-refractivity contribution is 5.97. The van der Waals surface area contributed by atoms with Gasteiger partial charge in [0.15, 0.2) is 0 Å². The quantitative estimate of drug-likeness (QED) is 0.620. The van der Waals surface area contributed by atoms with Crippen LogP contribution in [0.15, 0.2) is 48.8 Å². The van der Waals surface area contributed by atoms with Gasteiger partial charge in [0.25, 0.3) is 5.91 Å². The lowest BCUT2D eigenvalue weighted by Gasteiger charge is -2.22. The third-order valence-corrected chi connectivity index (χ3v) is 5.63. The number of H-pyrrole nitrogens is 1. The summed E-state index contributed by atoms with van der Waals surface area (Å²) in [5, 5.41) is 0. The van der Waals surface area contributed by atoms with Crippen molar-refractivity contribution < 1.29 is 14.3 Å². The van der Waals surface area contributed by atoms with Gasteiger partial charge in [0, 0.05) is 38.2 Å². The summed E-state index contributed by atoms with van der Waals surface area (Å²) < 4.78 is 5.71. The summed E-state index contributed by atoms with van der Waals surface area (Å²) in [4.78, 5) is 36.5. The second kappa shape index (κ2) is 9.64. The molecule has 1 saturated heterocycles. The first-order valence-electron chi connectivity index (χ1n) is 10.8. The monoisotopic (exact) mass is 420 g/mol. The first-order valence-corrected chi connectivity index (χ1v) is 10.8. The molecular weight excluding hydrogens is 392 g/mol. The minimum atomic E-state index is -0.00250. The standard InChI is InChI=1S/C24H28N4O3/c1-18-5-8-20(9-6-18)31-15-2-4-23(29)27-11-3-12-28(14-13-27)24(30)19-7-10-21-22(16-19)26-17-25-21/h5-10,16-17H,2-4,11-15H2,1H3,(H,25,26). The van der Waals surface area contributed by atoms with Crippen LogP contribution < -0.4 is 4.74 Å². The first kappa shape index (κ1) is 20.9. The molecule has 3 aromatic rings. The molecule has 2 heterocycles. The zero-order valence-corrected chi connectivity index (χ0v) is 17.8. The number of ether oxygens (including phenoxy) is 1. The second-order valence-corrected chi connectivity index (χ2v) is 7.93. The molecular formula is C24H28N4O3. The van der Waals surface area contributed by atoms with E-state index in [9.17, 15) is 9.59 Å². The zero-order valence-electron chi connectivity index (χ0n) is 17.8. The molecule has 31 heavy (non-hydrogen) atoms. The predicted molar refractivity (Wildman–Crippen MR) is 119 cm³/mol. The fourth-order valence-electron chi connectivity index (χ4n) is 3.83. The fraction of sp³-hybridized carbons (Fsp3) is 0.375. The van der Waals surface area contributed by atoms with Crippen molar-refractivity contribution in [2.24, 2.45) is 0 Å². The second-order valence-electron chi connectivity index (χ2n) is 7.93. The largest absolute Gasteiger partial charge is 0.494 e. The molecule has 0 bridgehead atoms. The van der Waals surface area contributed by atoms with E-state index in [1.807, 2.05) is 59.2 Å². The summed E-state index contributed by atoms with van der Waals surface area (Å²) in [7, 11) is 0. The third kappa shape index (κ3) is 5.23. The minimum Gasteiger partial charge on any atom is -0.494 e. The third-order valence-electron chi connectivity index (χ3n) is 5.63. The molecule has 7 nitrogen and oxygen atoms in total. The van der Waals surface area contributed by atoms with Crippen molar-refractivity contribution >= 4 is 22.8 Å². The van der Waals surface area contributed by atoms with Crippen LogP contribution >= 0.6 is 0 Å². The Bertz CT molecular complexity index is 1040. The SMILES string of the molecule is Cc1ccc(OCCCC(=O)N2CCCN(C(=O)c3ccc4nc[nH]c4c3)CC2)cc1. The van der Waals surface area contributed by atoms with Crippen LogP contribution in [0.25, 0.3) is 11.0 Å². The number of aryl methyl sites for hydroxylation is 1. The van der Waals surface area contributed by atoms with Gasteiger partial charge in [-0.25, -0.2) is 4.98 Å². The normalized spacial score (nSPS) is 14.5. The van der Waals surface area contributed by atoms with Crippen LogP contribution in [0.2, 0.25) is 0 Å². The molecule has 0 saturated carbocycles. The number of aromatic amines is 1. The molecule has 162 valence electrons. The summed E-state index contributed by atoms with van der Waals surface area (Å²) in [6.45, 7) is 5.00. The van der Waals surface area contributed by atoms with Crippen molar-refractivity contribution in [3.8, 4) is 5.75 Å². The van der Waals surface area contributed by atoms with Gasteiger partial charge < -0.3 is 19.5 Å². The van der Waals surface area contributed by atoms with Crippen LogP contribution in [0.4, 0.5) is 0 Å². The number of nitrogens with zero attached hydrogens (tertiary/aromatic N) is 3. The molecule has 1 fully saturated rings. The van der Waals surface area contributed by atoms with E-state index in [1.54, 1.807) is 6.33 Å². The molecule has 0 spiro atoms. The van der Waals surface area contributed by atoms with E-state index in [2.05, 4.69) is 9.97 Å². The highest BCUT2D eigenvalue weighted by atomic mass is 16.5. The molecule has 0 unspecified atom stereocenters. The molecule has 1 aliphatic rings. The predicted octanol–water partition coefficient (Wildman–Crippen LogP) is 3.41. The number of nitrogens with one attached hydrogen (secondary N) is 1. The molecule has 2 amide bonds. The molecule has 1 N–H and O–H groups in total. The van der Waals surface area contributed by atoms with E-state index in [1.165, 1.54) is 5.56 Å². The molecule has 7 heteroatoms. The average molecular weight is 421 g/mol. The fourth-order valence-corrected chi connectivity index (χ4v) is 3.83. The number of carbonyl (C=O) groups excluding carboxylic acids is 2. The Kier molecular flexibility index (Phi) is 6.50. The maximum Gasteiger partial charge on any atom is 0.253 e. The Hall–Kier alpha value is -3.35. The van der Waals surface area contributed by atoms with Gasteiger partial charge in [-0.3, -0.25) is 9.59 Å². The molecule has 1 aliphatic heterocycles. The first-order chi connectivity index (χ1) is 15.1. The van der Waals surface area contributed by atoms with E-state index in [-0.39, 0.29) is 11.8 Å². The van der Waals surface area contributed by atoms with Gasteiger partial charge >= 0.3 is 0 Å². The molecule has 2 aromatic carbocycles. The highest BCUT2D eigenvalue weighted by Crippen LogP contribution is 2.16. The number of hydrogen-bond acceptors (Lipinski definition) is 4. The van der Waals surface area contributed by atoms with Crippen molar-refractivity contribution in [1.82, 2.24) is 19.8 Å². The number of benzene rings is 2. The number of hydrogen-bond donors (Lipinski definition) is 1.